The van der Waals surface area contributed by atoms with E-state index >= 15 is 0 Å². The van der Waals surface area contributed by atoms with Crippen LogP contribution in [0.1, 0.15) is 46.0 Å². The smallest absolute Gasteiger partial charge is 0.317 e. The van der Waals surface area contributed by atoms with Gasteiger partial charge >= 0.3 is 5.97 Å². The lowest BCUT2D eigenvalue weighted by atomic mass is 10.1. The lowest BCUT2D eigenvalue weighted by molar-refractivity contribution is -0.139. The molecule has 1 aliphatic carbocycles. The maximum absolute atomic E-state index is 11.1. The molecule has 0 spiro atoms. The van der Waals surface area contributed by atoms with E-state index in [9.17, 15) is 4.79 Å². The molecule has 1 heterocycles. The Kier molecular flexibility index (Phi) is 5.22. The van der Waals surface area contributed by atoms with Crippen LogP contribution in [0.2, 0.25) is 0 Å². The van der Waals surface area contributed by atoms with Gasteiger partial charge in [0.2, 0.25) is 0 Å². The molecule has 110 valence electrons. The van der Waals surface area contributed by atoms with E-state index in [1.807, 2.05) is 0 Å². The molecule has 1 saturated carbocycles. The minimum absolute atomic E-state index is 0.225. The fourth-order valence-corrected chi connectivity index (χ4v) is 3.13. The lowest BCUT2D eigenvalue weighted by Crippen LogP contribution is -2.41. The molecule has 0 aromatic heterocycles. The zero-order valence-electron chi connectivity index (χ0n) is 12.3. The van der Waals surface area contributed by atoms with E-state index in [0.29, 0.717) is 12.1 Å². The number of rotatable bonds is 6. The molecule has 2 aliphatic rings. The standard InChI is InChI=1S/C15H28N2O2/c1-12(2)16-8-3-4-14(7-9-16)17(11-15(18)19)10-13-5-6-13/h12-14H,3-11H2,1-2H3,(H,18,19). The first-order chi connectivity index (χ1) is 9.06. The van der Waals surface area contributed by atoms with Gasteiger partial charge in [0, 0.05) is 18.6 Å². The highest BCUT2D eigenvalue weighted by atomic mass is 16.4. The minimum Gasteiger partial charge on any atom is -0.480 e. The second kappa shape index (κ2) is 6.71. The van der Waals surface area contributed by atoms with Gasteiger partial charge < -0.3 is 10.0 Å². The van der Waals surface area contributed by atoms with Crippen molar-refractivity contribution < 1.29 is 9.90 Å². The first kappa shape index (κ1) is 14.8. The number of hydrogen-bond donors (Lipinski definition) is 1. The molecular formula is C15H28N2O2. The maximum atomic E-state index is 11.1. The highest BCUT2D eigenvalue weighted by Gasteiger charge is 2.30. The van der Waals surface area contributed by atoms with Gasteiger partial charge in [0.1, 0.15) is 0 Å². The van der Waals surface area contributed by atoms with Crippen LogP contribution in [0.15, 0.2) is 0 Å². The third kappa shape index (κ3) is 4.77. The van der Waals surface area contributed by atoms with Crippen molar-refractivity contribution in [2.75, 3.05) is 26.2 Å². The van der Waals surface area contributed by atoms with Crippen molar-refractivity contribution in [1.82, 2.24) is 9.80 Å². The molecule has 2 rings (SSSR count). The molecule has 1 aliphatic heterocycles. The highest BCUT2D eigenvalue weighted by Crippen LogP contribution is 2.31. The van der Waals surface area contributed by atoms with E-state index in [1.54, 1.807) is 0 Å². The zero-order valence-corrected chi connectivity index (χ0v) is 12.3. The molecule has 19 heavy (non-hydrogen) atoms. The molecule has 0 aromatic carbocycles. The van der Waals surface area contributed by atoms with E-state index in [0.717, 1.165) is 31.8 Å². The predicted octanol–water partition coefficient (Wildman–Crippen LogP) is 2.05. The largest absolute Gasteiger partial charge is 0.480 e. The number of likely N-dealkylation sites (tertiary alicyclic amines) is 1. The topological polar surface area (TPSA) is 43.8 Å². The monoisotopic (exact) mass is 268 g/mol. The molecular weight excluding hydrogens is 240 g/mol. The Morgan fingerprint density at radius 1 is 1.26 bits per heavy atom. The first-order valence-corrected chi connectivity index (χ1v) is 7.76. The number of carboxylic acid groups (broad SMARTS) is 1. The lowest BCUT2D eigenvalue weighted by Gasteiger charge is -2.30. The predicted molar refractivity (Wildman–Crippen MR) is 76.3 cm³/mol. The average molecular weight is 268 g/mol. The average Bonchev–Trinajstić information content (AvgIpc) is 3.12. The molecule has 0 radical (unpaired) electrons. The fourth-order valence-electron chi connectivity index (χ4n) is 3.13. The van der Waals surface area contributed by atoms with Gasteiger partial charge in [-0.15, -0.1) is 0 Å². The van der Waals surface area contributed by atoms with Crippen molar-refractivity contribution in [2.24, 2.45) is 5.92 Å². The number of hydrogen-bond acceptors (Lipinski definition) is 3. The van der Waals surface area contributed by atoms with Crippen LogP contribution in [0.5, 0.6) is 0 Å². The van der Waals surface area contributed by atoms with Gasteiger partial charge in [-0.3, -0.25) is 9.69 Å². The van der Waals surface area contributed by atoms with E-state index in [2.05, 4.69) is 23.6 Å². The molecule has 0 bridgehead atoms. The summed E-state index contributed by atoms with van der Waals surface area (Å²) in [4.78, 5) is 15.8. The quantitative estimate of drug-likeness (QED) is 0.800. The van der Waals surface area contributed by atoms with Crippen molar-refractivity contribution in [3.05, 3.63) is 0 Å². The second-order valence-electron chi connectivity index (χ2n) is 6.48. The van der Waals surface area contributed by atoms with Crippen LogP contribution in [0, 0.1) is 5.92 Å². The summed E-state index contributed by atoms with van der Waals surface area (Å²) >= 11 is 0. The van der Waals surface area contributed by atoms with Crippen LogP contribution in [-0.4, -0.2) is 59.1 Å². The van der Waals surface area contributed by atoms with Crippen molar-refractivity contribution in [3.63, 3.8) is 0 Å². The summed E-state index contributed by atoms with van der Waals surface area (Å²) in [6, 6.07) is 1.08. The molecule has 0 aromatic rings. The van der Waals surface area contributed by atoms with Gasteiger partial charge in [-0.2, -0.15) is 0 Å². The van der Waals surface area contributed by atoms with E-state index in [4.69, 9.17) is 5.11 Å². The molecule has 1 saturated heterocycles. The maximum Gasteiger partial charge on any atom is 0.317 e. The number of carboxylic acids is 1. The van der Waals surface area contributed by atoms with Gasteiger partial charge in [0.05, 0.1) is 6.54 Å². The normalized spacial score (nSPS) is 25.8. The zero-order chi connectivity index (χ0) is 13.8. The van der Waals surface area contributed by atoms with Crippen molar-refractivity contribution in [2.45, 2.75) is 58.0 Å². The Balaban J connectivity index is 1.90. The highest BCUT2D eigenvalue weighted by molar-refractivity contribution is 5.69. The van der Waals surface area contributed by atoms with E-state index in [1.165, 1.54) is 25.8 Å². The van der Waals surface area contributed by atoms with Crippen LogP contribution in [0.3, 0.4) is 0 Å². The second-order valence-corrected chi connectivity index (χ2v) is 6.48. The molecule has 1 atom stereocenters. The van der Waals surface area contributed by atoms with Gasteiger partial charge in [-0.25, -0.2) is 0 Å². The molecule has 0 amide bonds. The van der Waals surface area contributed by atoms with Gasteiger partial charge in [-0.05, 0) is 65.0 Å². The van der Waals surface area contributed by atoms with Gasteiger partial charge in [-0.1, -0.05) is 0 Å². The fraction of sp³-hybridized carbons (Fsp3) is 0.933. The van der Waals surface area contributed by atoms with E-state index < -0.39 is 5.97 Å². The van der Waals surface area contributed by atoms with Crippen LogP contribution < -0.4 is 0 Å². The SMILES string of the molecule is CC(C)N1CCCC(N(CC(=O)O)CC2CC2)CC1. The minimum atomic E-state index is -0.675. The summed E-state index contributed by atoms with van der Waals surface area (Å²) in [7, 11) is 0. The van der Waals surface area contributed by atoms with Gasteiger partial charge in [0.25, 0.3) is 0 Å². The molecule has 1 unspecified atom stereocenters. The third-order valence-corrected chi connectivity index (χ3v) is 4.51. The Hall–Kier alpha value is -0.610. The van der Waals surface area contributed by atoms with Crippen LogP contribution >= 0.6 is 0 Å². The molecule has 1 N–H and O–H groups in total. The van der Waals surface area contributed by atoms with Crippen LogP contribution in [0.4, 0.5) is 0 Å². The summed E-state index contributed by atoms with van der Waals surface area (Å²) < 4.78 is 0. The number of nitrogens with zero attached hydrogens (tertiary/aromatic N) is 2. The third-order valence-electron chi connectivity index (χ3n) is 4.51. The molecule has 4 heteroatoms. The van der Waals surface area contributed by atoms with Gasteiger partial charge in [0.15, 0.2) is 0 Å². The number of aliphatic carboxylic acids is 1. The van der Waals surface area contributed by atoms with Crippen molar-refractivity contribution >= 4 is 5.97 Å². The number of carbonyl (C=O) groups is 1. The summed E-state index contributed by atoms with van der Waals surface area (Å²) in [6.07, 6.45) is 6.06. The van der Waals surface area contributed by atoms with Crippen molar-refractivity contribution in [1.29, 1.82) is 0 Å². The molecule has 2 fully saturated rings. The summed E-state index contributed by atoms with van der Waals surface area (Å²) in [5.41, 5.74) is 0. The summed E-state index contributed by atoms with van der Waals surface area (Å²) in [6.45, 7) is 8.00. The Bertz CT molecular complexity index is 303. The Labute approximate surface area is 116 Å². The summed E-state index contributed by atoms with van der Waals surface area (Å²) in [5.74, 6) is 0.0921. The van der Waals surface area contributed by atoms with E-state index in [-0.39, 0.29) is 6.54 Å². The van der Waals surface area contributed by atoms with Crippen molar-refractivity contribution in [3.8, 4) is 0 Å². The van der Waals surface area contributed by atoms with Crippen LogP contribution in [0.25, 0.3) is 0 Å². The Morgan fingerprint density at radius 2 is 2.00 bits per heavy atom. The Morgan fingerprint density at radius 3 is 2.58 bits per heavy atom. The summed E-state index contributed by atoms with van der Waals surface area (Å²) in [5, 5.41) is 9.11. The first-order valence-electron chi connectivity index (χ1n) is 7.76. The van der Waals surface area contributed by atoms with Crippen LogP contribution in [-0.2, 0) is 4.79 Å². The molecule has 4 nitrogen and oxygen atoms in total.